The van der Waals surface area contributed by atoms with E-state index in [1.165, 1.54) is 5.56 Å². The van der Waals surface area contributed by atoms with Gasteiger partial charge in [-0.2, -0.15) is 0 Å². The van der Waals surface area contributed by atoms with Gasteiger partial charge in [0.2, 0.25) is 0 Å². The van der Waals surface area contributed by atoms with Gasteiger partial charge in [0, 0.05) is 24.9 Å². The summed E-state index contributed by atoms with van der Waals surface area (Å²) in [6.07, 6.45) is 2.00. The highest BCUT2D eigenvalue weighted by atomic mass is 16.5. The van der Waals surface area contributed by atoms with Gasteiger partial charge < -0.3 is 15.4 Å². The molecular formula is C22H30N2O2. The van der Waals surface area contributed by atoms with Crippen molar-refractivity contribution in [2.24, 2.45) is 0 Å². The number of aryl methyl sites for hydroxylation is 1. The molecule has 26 heavy (non-hydrogen) atoms. The van der Waals surface area contributed by atoms with Crippen LogP contribution in [0, 0.1) is 6.92 Å². The third kappa shape index (κ3) is 5.09. The Hall–Kier alpha value is -2.33. The van der Waals surface area contributed by atoms with Gasteiger partial charge in [-0.15, -0.1) is 0 Å². The van der Waals surface area contributed by atoms with Gasteiger partial charge in [-0.05, 0) is 50.1 Å². The second-order valence-electron chi connectivity index (χ2n) is 6.82. The van der Waals surface area contributed by atoms with Crippen LogP contribution in [0.15, 0.2) is 48.5 Å². The van der Waals surface area contributed by atoms with Crippen LogP contribution in [-0.4, -0.2) is 30.6 Å². The summed E-state index contributed by atoms with van der Waals surface area (Å²) >= 11 is 0. The molecule has 140 valence electrons. The van der Waals surface area contributed by atoms with Crippen molar-refractivity contribution < 1.29 is 9.53 Å². The number of amides is 1. The zero-order valence-corrected chi connectivity index (χ0v) is 16.2. The van der Waals surface area contributed by atoms with Crippen LogP contribution in [0.25, 0.3) is 0 Å². The van der Waals surface area contributed by atoms with Gasteiger partial charge in [0.05, 0.1) is 12.1 Å². The molecule has 2 rings (SSSR count). The second kappa shape index (κ2) is 9.39. The normalized spacial score (nSPS) is 13.2. The third-order valence-electron chi connectivity index (χ3n) is 4.64. The van der Waals surface area contributed by atoms with Gasteiger partial charge in [0.25, 0.3) is 5.91 Å². The van der Waals surface area contributed by atoms with E-state index in [1.807, 2.05) is 14.0 Å². The van der Waals surface area contributed by atoms with Crippen LogP contribution in [0.4, 0.5) is 5.69 Å². The molecule has 0 aliphatic rings. The predicted octanol–water partition coefficient (Wildman–Crippen LogP) is 4.60. The molecule has 2 aromatic rings. The SMILES string of the molecule is CCCCOC(C)[C@H](c1ccc(C)cc1)N(C)C(=O)c1ccc(N)cc1. The monoisotopic (exact) mass is 354 g/mol. The van der Waals surface area contributed by atoms with Crippen molar-refractivity contribution in [2.45, 2.75) is 45.8 Å². The van der Waals surface area contributed by atoms with Crippen LogP contribution in [0.3, 0.4) is 0 Å². The fraction of sp³-hybridized carbons (Fsp3) is 0.409. The van der Waals surface area contributed by atoms with Crippen molar-refractivity contribution in [1.29, 1.82) is 0 Å². The Morgan fingerprint density at radius 2 is 1.73 bits per heavy atom. The highest BCUT2D eigenvalue weighted by Crippen LogP contribution is 2.27. The fourth-order valence-electron chi connectivity index (χ4n) is 3.03. The van der Waals surface area contributed by atoms with E-state index in [0.29, 0.717) is 17.9 Å². The molecule has 2 atom stereocenters. The van der Waals surface area contributed by atoms with Crippen LogP contribution >= 0.6 is 0 Å². The molecule has 4 heteroatoms. The lowest BCUT2D eigenvalue weighted by molar-refractivity contribution is 0.00317. The predicted molar refractivity (Wildman–Crippen MR) is 107 cm³/mol. The number of nitrogen functional groups attached to an aromatic ring is 1. The minimum absolute atomic E-state index is 0.0403. The molecule has 0 saturated carbocycles. The molecule has 1 unspecified atom stereocenters. The zero-order chi connectivity index (χ0) is 19.1. The number of ether oxygens (including phenoxy) is 1. The van der Waals surface area contributed by atoms with E-state index >= 15 is 0 Å². The molecule has 0 bridgehead atoms. The van der Waals surface area contributed by atoms with Crippen molar-refractivity contribution >= 4 is 11.6 Å². The van der Waals surface area contributed by atoms with Gasteiger partial charge in [0.15, 0.2) is 0 Å². The second-order valence-corrected chi connectivity index (χ2v) is 6.82. The number of hydrogen-bond donors (Lipinski definition) is 1. The molecule has 4 nitrogen and oxygen atoms in total. The van der Waals surface area contributed by atoms with Crippen molar-refractivity contribution in [2.75, 3.05) is 19.4 Å². The van der Waals surface area contributed by atoms with E-state index in [9.17, 15) is 4.79 Å². The Labute approximate surface area is 157 Å². The number of carbonyl (C=O) groups excluding carboxylic acids is 1. The minimum Gasteiger partial charge on any atom is -0.399 e. The van der Waals surface area contributed by atoms with E-state index in [0.717, 1.165) is 18.4 Å². The zero-order valence-electron chi connectivity index (χ0n) is 16.2. The van der Waals surface area contributed by atoms with Crippen molar-refractivity contribution in [1.82, 2.24) is 4.90 Å². The first-order valence-corrected chi connectivity index (χ1v) is 9.25. The van der Waals surface area contributed by atoms with E-state index in [-0.39, 0.29) is 18.1 Å². The van der Waals surface area contributed by atoms with Gasteiger partial charge in [-0.3, -0.25) is 4.79 Å². The average molecular weight is 354 g/mol. The molecular weight excluding hydrogens is 324 g/mol. The Balaban J connectivity index is 2.27. The Morgan fingerprint density at radius 1 is 1.12 bits per heavy atom. The first kappa shape index (κ1) is 20.0. The maximum Gasteiger partial charge on any atom is 0.254 e. The van der Waals surface area contributed by atoms with Gasteiger partial charge in [-0.1, -0.05) is 43.2 Å². The van der Waals surface area contributed by atoms with Gasteiger partial charge in [0.1, 0.15) is 0 Å². The minimum atomic E-state index is -0.155. The molecule has 0 aliphatic heterocycles. The van der Waals surface area contributed by atoms with Crippen LogP contribution < -0.4 is 5.73 Å². The largest absolute Gasteiger partial charge is 0.399 e. The number of benzene rings is 2. The maximum absolute atomic E-state index is 13.0. The molecule has 2 N–H and O–H groups in total. The van der Waals surface area contributed by atoms with Crippen LogP contribution in [0.1, 0.15) is 54.2 Å². The molecule has 0 fully saturated rings. The highest BCUT2D eigenvalue weighted by molar-refractivity contribution is 5.94. The van der Waals surface area contributed by atoms with Gasteiger partial charge in [-0.25, -0.2) is 0 Å². The number of nitrogens with zero attached hydrogens (tertiary/aromatic N) is 1. The number of anilines is 1. The molecule has 0 saturated heterocycles. The number of rotatable bonds is 8. The first-order valence-electron chi connectivity index (χ1n) is 9.25. The average Bonchev–Trinajstić information content (AvgIpc) is 2.63. The number of unbranched alkanes of at least 4 members (excludes halogenated alkanes) is 1. The van der Waals surface area contributed by atoms with Gasteiger partial charge >= 0.3 is 0 Å². The summed E-state index contributed by atoms with van der Waals surface area (Å²) < 4.78 is 6.04. The smallest absolute Gasteiger partial charge is 0.254 e. The lowest BCUT2D eigenvalue weighted by atomic mass is 9.98. The van der Waals surface area contributed by atoms with Crippen LogP contribution in [0.2, 0.25) is 0 Å². The van der Waals surface area contributed by atoms with E-state index < -0.39 is 0 Å². The van der Waals surface area contributed by atoms with Crippen molar-refractivity contribution in [3.8, 4) is 0 Å². The number of nitrogens with two attached hydrogens (primary N) is 1. The summed E-state index contributed by atoms with van der Waals surface area (Å²) in [6, 6.07) is 15.2. The quantitative estimate of drug-likeness (QED) is 0.557. The lowest BCUT2D eigenvalue weighted by Gasteiger charge is -2.33. The summed E-state index contributed by atoms with van der Waals surface area (Å²) in [4.78, 5) is 14.8. The maximum atomic E-state index is 13.0. The van der Waals surface area contributed by atoms with E-state index in [2.05, 4.69) is 38.1 Å². The molecule has 0 spiro atoms. The molecule has 0 radical (unpaired) electrons. The number of hydrogen-bond acceptors (Lipinski definition) is 3. The standard InChI is InChI=1S/C22H30N2O2/c1-5-6-15-26-17(3)21(18-9-7-16(2)8-10-18)24(4)22(25)19-11-13-20(23)14-12-19/h7-14,17,21H,5-6,15,23H2,1-4H3/t17?,21-/m1/s1. The van der Waals surface area contributed by atoms with E-state index in [4.69, 9.17) is 10.5 Å². The van der Waals surface area contributed by atoms with Crippen molar-refractivity contribution in [3.63, 3.8) is 0 Å². The molecule has 0 heterocycles. The molecule has 1 amide bonds. The molecule has 2 aromatic carbocycles. The fourth-order valence-corrected chi connectivity index (χ4v) is 3.03. The summed E-state index contributed by atoms with van der Waals surface area (Å²) in [6.45, 7) is 6.93. The summed E-state index contributed by atoms with van der Waals surface area (Å²) in [5, 5.41) is 0. The highest BCUT2D eigenvalue weighted by Gasteiger charge is 2.28. The Morgan fingerprint density at radius 3 is 2.31 bits per heavy atom. The molecule has 0 aliphatic carbocycles. The summed E-state index contributed by atoms with van der Waals surface area (Å²) in [5.74, 6) is -0.0403. The Kier molecular flexibility index (Phi) is 7.22. The Bertz CT molecular complexity index is 695. The summed E-state index contributed by atoms with van der Waals surface area (Å²) in [7, 11) is 1.84. The topological polar surface area (TPSA) is 55.6 Å². The van der Waals surface area contributed by atoms with Crippen LogP contribution in [-0.2, 0) is 4.74 Å². The molecule has 0 aromatic heterocycles. The van der Waals surface area contributed by atoms with E-state index in [1.54, 1.807) is 29.2 Å². The number of carbonyl (C=O) groups is 1. The third-order valence-corrected chi connectivity index (χ3v) is 4.64. The first-order chi connectivity index (χ1) is 12.4. The van der Waals surface area contributed by atoms with Crippen molar-refractivity contribution in [3.05, 3.63) is 65.2 Å². The lowest BCUT2D eigenvalue weighted by Crippen LogP contribution is -2.38. The summed E-state index contributed by atoms with van der Waals surface area (Å²) in [5.41, 5.74) is 9.28. The number of likely N-dealkylation sites (N-methyl/N-ethyl adjacent to an activating group) is 1. The van der Waals surface area contributed by atoms with Crippen LogP contribution in [0.5, 0.6) is 0 Å².